The molecular weight excluding hydrogens is 374 g/mol. The van der Waals surface area contributed by atoms with Crippen LogP contribution in [0.5, 0.6) is 5.75 Å². The van der Waals surface area contributed by atoms with E-state index in [1.165, 1.54) is 0 Å². The number of benzene rings is 3. The fraction of sp³-hybridized carbons (Fsp3) is 0.0400. The van der Waals surface area contributed by atoms with Gasteiger partial charge in [0.25, 0.3) is 5.91 Å². The molecule has 0 radical (unpaired) electrons. The van der Waals surface area contributed by atoms with Gasteiger partial charge in [-0.15, -0.1) is 0 Å². The number of para-hydroxylation sites is 1. The molecular formula is C25H19N3O2. The molecule has 2 aromatic heterocycles. The van der Waals surface area contributed by atoms with Crippen LogP contribution in [-0.4, -0.2) is 22.4 Å². The van der Waals surface area contributed by atoms with Gasteiger partial charge in [-0.2, -0.15) is 0 Å². The number of fused-ring (bicyclic) bond motifs is 2. The quantitative estimate of drug-likeness (QED) is 0.444. The van der Waals surface area contributed by atoms with Crippen molar-refractivity contribution in [3.8, 4) is 17.0 Å². The van der Waals surface area contributed by atoms with Crippen LogP contribution in [0.1, 0.15) is 10.4 Å². The minimum Gasteiger partial charge on any atom is -0.496 e. The van der Waals surface area contributed by atoms with Crippen LogP contribution in [0, 0.1) is 0 Å². The number of hydrogen-bond acceptors (Lipinski definition) is 3. The van der Waals surface area contributed by atoms with E-state index >= 15 is 0 Å². The second-order valence-electron chi connectivity index (χ2n) is 6.95. The fourth-order valence-corrected chi connectivity index (χ4v) is 3.66. The van der Waals surface area contributed by atoms with Gasteiger partial charge in [-0.3, -0.25) is 9.20 Å². The van der Waals surface area contributed by atoms with Gasteiger partial charge in [0.15, 0.2) is 0 Å². The van der Waals surface area contributed by atoms with E-state index in [9.17, 15) is 4.79 Å². The SMILES string of the molecule is COc1ccccc1C(=O)Nc1c(-c2ccc3ccccc3c2)nc2ccccn12. The number of amides is 1. The Morgan fingerprint density at radius 2 is 1.67 bits per heavy atom. The van der Waals surface area contributed by atoms with Crippen LogP contribution in [0.3, 0.4) is 0 Å². The molecule has 0 fully saturated rings. The molecule has 5 nitrogen and oxygen atoms in total. The second kappa shape index (κ2) is 7.37. The number of anilines is 1. The molecule has 1 amide bonds. The predicted octanol–water partition coefficient (Wildman–Crippen LogP) is 5.42. The van der Waals surface area contributed by atoms with Gasteiger partial charge in [-0.25, -0.2) is 4.98 Å². The third-order valence-electron chi connectivity index (χ3n) is 5.14. The van der Waals surface area contributed by atoms with Crippen molar-refractivity contribution in [1.82, 2.24) is 9.38 Å². The maximum Gasteiger partial charge on any atom is 0.260 e. The summed E-state index contributed by atoms with van der Waals surface area (Å²) in [6, 6.07) is 27.3. The van der Waals surface area contributed by atoms with Crippen molar-refractivity contribution in [2.45, 2.75) is 0 Å². The number of nitrogens with zero attached hydrogens (tertiary/aromatic N) is 2. The highest BCUT2D eigenvalue weighted by Crippen LogP contribution is 2.32. The van der Waals surface area contributed by atoms with Crippen LogP contribution in [-0.2, 0) is 0 Å². The molecule has 146 valence electrons. The Morgan fingerprint density at radius 1 is 0.900 bits per heavy atom. The second-order valence-corrected chi connectivity index (χ2v) is 6.95. The van der Waals surface area contributed by atoms with Gasteiger partial charge in [0.2, 0.25) is 0 Å². The lowest BCUT2D eigenvalue weighted by Crippen LogP contribution is -2.15. The number of pyridine rings is 1. The fourth-order valence-electron chi connectivity index (χ4n) is 3.66. The first-order chi connectivity index (χ1) is 14.7. The molecule has 0 saturated heterocycles. The van der Waals surface area contributed by atoms with E-state index in [0.29, 0.717) is 17.1 Å². The minimum absolute atomic E-state index is 0.250. The van der Waals surface area contributed by atoms with Crippen molar-refractivity contribution >= 4 is 28.1 Å². The molecule has 2 heterocycles. The van der Waals surface area contributed by atoms with Gasteiger partial charge in [0, 0.05) is 11.8 Å². The van der Waals surface area contributed by atoms with Crippen molar-refractivity contribution in [2.24, 2.45) is 0 Å². The lowest BCUT2D eigenvalue weighted by atomic mass is 10.0. The molecule has 1 N–H and O–H groups in total. The molecule has 0 bridgehead atoms. The highest BCUT2D eigenvalue weighted by molar-refractivity contribution is 6.07. The maximum atomic E-state index is 13.1. The summed E-state index contributed by atoms with van der Waals surface area (Å²) in [5.41, 5.74) is 2.88. The van der Waals surface area contributed by atoms with E-state index in [-0.39, 0.29) is 5.91 Å². The van der Waals surface area contributed by atoms with E-state index in [0.717, 1.165) is 27.7 Å². The summed E-state index contributed by atoms with van der Waals surface area (Å²) < 4.78 is 7.24. The van der Waals surface area contributed by atoms with Crippen molar-refractivity contribution in [3.05, 3.63) is 96.7 Å². The molecule has 5 heteroatoms. The van der Waals surface area contributed by atoms with Crippen LogP contribution < -0.4 is 10.1 Å². The van der Waals surface area contributed by atoms with E-state index in [1.807, 2.05) is 59.1 Å². The predicted molar refractivity (Wildman–Crippen MR) is 119 cm³/mol. The topological polar surface area (TPSA) is 55.6 Å². The van der Waals surface area contributed by atoms with Crippen LogP contribution in [0.15, 0.2) is 91.1 Å². The molecule has 0 aliphatic heterocycles. The normalized spacial score (nSPS) is 11.0. The number of hydrogen-bond donors (Lipinski definition) is 1. The zero-order valence-corrected chi connectivity index (χ0v) is 16.4. The Kier molecular flexibility index (Phi) is 4.41. The zero-order chi connectivity index (χ0) is 20.5. The van der Waals surface area contributed by atoms with E-state index < -0.39 is 0 Å². The number of aromatic nitrogens is 2. The molecule has 5 aromatic rings. The Labute approximate surface area is 173 Å². The van der Waals surface area contributed by atoms with Crippen LogP contribution in [0.25, 0.3) is 27.7 Å². The first-order valence-electron chi connectivity index (χ1n) is 9.65. The van der Waals surface area contributed by atoms with Crippen molar-refractivity contribution in [2.75, 3.05) is 12.4 Å². The Morgan fingerprint density at radius 3 is 2.53 bits per heavy atom. The summed E-state index contributed by atoms with van der Waals surface area (Å²) in [6.45, 7) is 0. The van der Waals surface area contributed by atoms with Crippen molar-refractivity contribution in [1.29, 1.82) is 0 Å². The number of carbonyl (C=O) groups excluding carboxylic acids is 1. The highest BCUT2D eigenvalue weighted by atomic mass is 16.5. The first kappa shape index (κ1) is 17.9. The lowest BCUT2D eigenvalue weighted by molar-refractivity contribution is 0.102. The smallest absolute Gasteiger partial charge is 0.260 e. The third-order valence-corrected chi connectivity index (χ3v) is 5.14. The Bertz CT molecular complexity index is 1390. The van der Waals surface area contributed by atoms with Gasteiger partial charge >= 0.3 is 0 Å². The number of ether oxygens (including phenoxy) is 1. The molecule has 0 unspecified atom stereocenters. The molecule has 30 heavy (non-hydrogen) atoms. The molecule has 0 atom stereocenters. The zero-order valence-electron chi connectivity index (χ0n) is 16.4. The number of carbonyl (C=O) groups is 1. The van der Waals surface area contributed by atoms with Gasteiger partial charge < -0.3 is 10.1 Å². The summed E-state index contributed by atoms with van der Waals surface area (Å²) in [4.78, 5) is 17.9. The lowest BCUT2D eigenvalue weighted by Gasteiger charge is -2.11. The van der Waals surface area contributed by atoms with Gasteiger partial charge in [-0.05, 0) is 41.1 Å². The number of nitrogens with one attached hydrogen (secondary N) is 1. The molecule has 0 saturated carbocycles. The summed E-state index contributed by atoms with van der Waals surface area (Å²) in [5.74, 6) is 0.896. The number of methoxy groups -OCH3 is 1. The van der Waals surface area contributed by atoms with E-state index in [4.69, 9.17) is 9.72 Å². The number of rotatable bonds is 4. The largest absolute Gasteiger partial charge is 0.496 e. The highest BCUT2D eigenvalue weighted by Gasteiger charge is 2.19. The first-order valence-corrected chi connectivity index (χ1v) is 9.65. The number of imidazole rings is 1. The average molecular weight is 393 g/mol. The monoisotopic (exact) mass is 393 g/mol. The third kappa shape index (κ3) is 3.06. The summed E-state index contributed by atoms with van der Waals surface area (Å²) in [7, 11) is 1.56. The Hall–Kier alpha value is -4.12. The van der Waals surface area contributed by atoms with Gasteiger partial charge in [0.05, 0.1) is 12.7 Å². The van der Waals surface area contributed by atoms with Crippen LogP contribution in [0.2, 0.25) is 0 Å². The summed E-state index contributed by atoms with van der Waals surface area (Å²) in [6.07, 6.45) is 1.89. The van der Waals surface area contributed by atoms with E-state index in [1.54, 1.807) is 19.2 Å². The summed E-state index contributed by atoms with van der Waals surface area (Å²) >= 11 is 0. The summed E-state index contributed by atoms with van der Waals surface area (Å²) in [5, 5.41) is 5.33. The minimum atomic E-state index is -0.250. The molecule has 3 aromatic carbocycles. The van der Waals surface area contributed by atoms with Crippen molar-refractivity contribution in [3.63, 3.8) is 0 Å². The van der Waals surface area contributed by atoms with Gasteiger partial charge in [0.1, 0.15) is 22.9 Å². The molecule has 0 aliphatic carbocycles. The standard InChI is InChI=1S/C25H19N3O2/c1-30-21-11-5-4-10-20(21)25(29)27-24-23(26-22-12-6-7-15-28(22)24)19-14-13-17-8-2-3-9-18(17)16-19/h2-16H,1H3,(H,27,29). The van der Waals surface area contributed by atoms with E-state index in [2.05, 4.69) is 29.6 Å². The van der Waals surface area contributed by atoms with Crippen LogP contribution >= 0.6 is 0 Å². The molecule has 5 rings (SSSR count). The Balaban J connectivity index is 1.64. The van der Waals surface area contributed by atoms with Crippen molar-refractivity contribution < 1.29 is 9.53 Å². The van der Waals surface area contributed by atoms with Gasteiger partial charge in [-0.1, -0.05) is 54.6 Å². The molecule has 0 aliphatic rings. The maximum absolute atomic E-state index is 13.1. The molecule has 0 spiro atoms. The van der Waals surface area contributed by atoms with Crippen LogP contribution in [0.4, 0.5) is 5.82 Å². The average Bonchev–Trinajstić information content (AvgIpc) is 3.17.